The van der Waals surface area contributed by atoms with Crippen molar-refractivity contribution in [3.63, 3.8) is 0 Å². The molecule has 0 radical (unpaired) electrons. The van der Waals surface area contributed by atoms with Crippen LogP contribution in [0, 0.1) is 0 Å². The summed E-state index contributed by atoms with van der Waals surface area (Å²) in [4.78, 5) is 13.9. The van der Waals surface area contributed by atoms with Gasteiger partial charge in [0.05, 0.1) is 17.7 Å². The van der Waals surface area contributed by atoms with E-state index in [1.165, 1.54) is 0 Å². The molecular weight excluding hydrogens is 285 g/mol. The van der Waals surface area contributed by atoms with Gasteiger partial charge in [-0.1, -0.05) is 11.6 Å². The number of carbonyl (C=O) groups is 1. The van der Waals surface area contributed by atoms with Crippen molar-refractivity contribution in [1.29, 1.82) is 0 Å². The summed E-state index contributed by atoms with van der Waals surface area (Å²) in [7, 11) is 0.909. The van der Waals surface area contributed by atoms with Gasteiger partial charge in [0.15, 0.2) is 11.4 Å². The quantitative estimate of drug-likeness (QED) is 0.618. The summed E-state index contributed by atoms with van der Waals surface area (Å²) < 4.78 is 66.7. The van der Waals surface area contributed by atoms with E-state index in [1.807, 2.05) is 0 Å². The lowest BCUT2D eigenvalue weighted by molar-refractivity contribution is -0.143. The van der Waals surface area contributed by atoms with Gasteiger partial charge in [-0.25, -0.2) is 18.6 Å². The highest BCUT2D eigenvalue weighted by atomic mass is 35.5. The predicted molar refractivity (Wildman–Crippen MR) is 50.5 cm³/mol. The van der Waals surface area contributed by atoms with Crippen molar-refractivity contribution in [2.24, 2.45) is 0 Å². The van der Waals surface area contributed by atoms with Gasteiger partial charge in [-0.15, -0.1) is 0 Å². The van der Waals surface area contributed by atoms with Crippen molar-refractivity contribution >= 4 is 17.6 Å². The van der Waals surface area contributed by atoms with Gasteiger partial charge in [-0.2, -0.15) is 13.2 Å². The molecule has 0 atom stereocenters. The smallest absolute Gasteiger partial charge is 0.433 e. The molecule has 0 unspecified atom stereocenters. The summed E-state index contributed by atoms with van der Waals surface area (Å²) in [6.07, 6.45) is -8.62. The fourth-order valence-corrected chi connectivity index (χ4v) is 1.43. The number of hydrogen-bond donors (Lipinski definition) is 0. The topological polar surface area (TPSA) is 39.2 Å². The van der Waals surface area contributed by atoms with Gasteiger partial charge in [-0.05, 0) is 6.07 Å². The van der Waals surface area contributed by atoms with Crippen molar-refractivity contribution in [2.45, 2.75) is 12.6 Å². The molecule has 0 aliphatic carbocycles. The number of carbonyl (C=O) groups excluding carboxylic acids is 1. The zero-order chi connectivity index (χ0) is 14.1. The molecule has 1 rings (SSSR count). The largest absolute Gasteiger partial charge is 0.464 e. The molecule has 100 valence electrons. The predicted octanol–water partition coefficient (Wildman–Crippen LogP) is 3.48. The normalized spacial score (nSPS) is 11.8. The van der Waals surface area contributed by atoms with Crippen molar-refractivity contribution in [2.75, 3.05) is 7.11 Å². The number of methoxy groups -OCH3 is 1. The number of rotatable bonds is 2. The molecule has 0 bridgehead atoms. The minimum absolute atomic E-state index is 0.601. The molecule has 1 heterocycles. The van der Waals surface area contributed by atoms with E-state index in [0.717, 1.165) is 7.11 Å². The first-order chi connectivity index (χ1) is 8.18. The lowest BCUT2D eigenvalue weighted by Gasteiger charge is -2.13. The molecule has 1 aromatic rings. The number of alkyl halides is 5. The standard InChI is InChI=1S/C9H5ClF5NO2/c1-18-8(17)4-2-3(10)5(7(11)12)6(16-4)9(13,14)15/h2,7H,1H3. The summed E-state index contributed by atoms with van der Waals surface area (Å²) in [5.41, 5.74) is -4.15. The summed E-state index contributed by atoms with van der Waals surface area (Å²) >= 11 is 5.31. The van der Waals surface area contributed by atoms with Gasteiger partial charge < -0.3 is 4.74 Å². The van der Waals surface area contributed by atoms with Crippen LogP contribution in [0.2, 0.25) is 5.02 Å². The molecular formula is C9H5ClF5NO2. The van der Waals surface area contributed by atoms with E-state index in [0.29, 0.717) is 6.07 Å². The van der Waals surface area contributed by atoms with E-state index in [-0.39, 0.29) is 0 Å². The molecule has 0 aliphatic heterocycles. The number of esters is 1. The van der Waals surface area contributed by atoms with Crippen LogP contribution in [0.4, 0.5) is 22.0 Å². The van der Waals surface area contributed by atoms with Crippen LogP contribution in [0.5, 0.6) is 0 Å². The van der Waals surface area contributed by atoms with Crippen molar-refractivity contribution in [3.8, 4) is 0 Å². The Labute approximate surface area is 103 Å². The number of aromatic nitrogens is 1. The Bertz CT molecular complexity index is 475. The second-order valence-electron chi connectivity index (χ2n) is 3.04. The second kappa shape index (κ2) is 5.05. The fourth-order valence-electron chi connectivity index (χ4n) is 1.16. The first-order valence-corrected chi connectivity index (χ1v) is 4.70. The Hall–Kier alpha value is -1.44. The number of halogens is 6. The zero-order valence-electron chi connectivity index (χ0n) is 8.69. The number of ether oxygens (including phenoxy) is 1. The van der Waals surface area contributed by atoms with Crippen molar-refractivity contribution in [1.82, 2.24) is 4.98 Å². The highest BCUT2D eigenvalue weighted by molar-refractivity contribution is 6.31. The molecule has 0 aromatic carbocycles. The van der Waals surface area contributed by atoms with Crippen LogP contribution >= 0.6 is 11.6 Å². The Morgan fingerprint density at radius 2 is 2.00 bits per heavy atom. The van der Waals surface area contributed by atoms with E-state index in [1.54, 1.807) is 0 Å². The molecule has 18 heavy (non-hydrogen) atoms. The Kier molecular flexibility index (Phi) is 4.10. The molecule has 0 saturated carbocycles. The Morgan fingerprint density at radius 1 is 1.44 bits per heavy atom. The van der Waals surface area contributed by atoms with Gasteiger partial charge in [0, 0.05) is 0 Å². The average molecular weight is 290 g/mol. The maximum atomic E-state index is 12.5. The summed E-state index contributed by atoms with van der Waals surface area (Å²) in [6.45, 7) is 0. The average Bonchev–Trinajstić information content (AvgIpc) is 2.25. The number of nitrogens with zero attached hydrogens (tertiary/aromatic N) is 1. The summed E-state index contributed by atoms with van der Waals surface area (Å²) in [5, 5.41) is -0.896. The van der Waals surface area contributed by atoms with Crippen LogP contribution in [-0.2, 0) is 10.9 Å². The van der Waals surface area contributed by atoms with Gasteiger partial charge in [0.1, 0.15) is 0 Å². The van der Waals surface area contributed by atoms with Gasteiger partial charge in [-0.3, -0.25) is 0 Å². The second-order valence-corrected chi connectivity index (χ2v) is 3.45. The molecule has 3 nitrogen and oxygen atoms in total. The van der Waals surface area contributed by atoms with Crippen LogP contribution < -0.4 is 0 Å². The zero-order valence-corrected chi connectivity index (χ0v) is 9.44. The Morgan fingerprint density at radius 3 is 2.39 bits per heavy atom. The SMILES string of the molecule is COC(=O)c1cc(Cl)c(C(F)F)c(C(F)(F)F)n1. The maximum absolute atomic E-state index is 12.5. The lowest BCUT2D eigenvalue weighted by atomic mass is 10.1. The third kappa shape index (κ3) is 2.87. The van der Waals surface area contributed by atoms with Crippen molar-refractivity contribution < 1.29 is 31.5 Å². The lowest BCUT2D eigenvalue weighted by Crippen LogP contribution is -2.17. The van der Waals surface area contributed by atoms with E-state index in [2.05, 4.69) is 9.72 Å². The minimum Gasteiger partial charge on any atom is -0.464 e. The monoisotopic (exact) mass is 289 g/mol. The van der Waals surface area contributed by atoms with Crippen LogP contribution in [-0.4, -0.2) is 18.1 Å². The fraction of sp³-hybridized carbons (Fsp3) is 0.333. The highest BCUT2D eigenvalue weighted by Gasteiger charge is 2.40. The minimum atomic E-state index is -5.15. The third-order valence-corrected chi connectivity index (χ3v) is 2.20. The number of hydrogen-bond acceptors (Lipinski definition) is 3. The van der Waals surface area contributed by atoms with E-state index in [9.17, 15) is 26.7 Å². The molecule has 9 heteroatoms. The number of pyridine rings is 1. The molecule has 0 amide bonds. The molecule has 0 N–H and O–H groups in total. The first-order valence-electron chi connectivity index (χ1n) is 4.32. The summed E-state index contributed by atoms with van der Waals surface area (Å²) in [5.74, 6) is -1.21. The van der Waals surface area contributed by atoms with Gasteiger partial charge >= 0.3 is 12.1 Å². The van der Waals surface area contributed by atoms with Crippen LogP contribution in [0.1, 0.15) is 28.2 Å². The molecule has 1 aromatic heterocycles. The van der Waals surface area contributed by atoms with Gasteiger partial charge in [0.25, 0.3) is 6.43 Å². The summed E-state index contributed by atoms with van der Waals surface area (Å²) in [6, 6.07) is 0.601. The molecule has 0 spiro atoms. The third-order valence-electron chi connectivity index (χ3n) is 1.89. The van der Waals surface area contributed by atoms with E-state index >= 15 is 0 Å². The Balaban J connectivity index is 3.52. The van der Waals surface area contributed by atoms with E-state index < -0.39 is 40.5 Å². The maximum Gasteiger partial charge on any atom is 0.433 e. The van der Waals surface area contributed by atoms with Crippen LogP contribution in [0.3, 0.4) is 0 Å². The van der Waals surface area contributed by atoms with Crippen LogP contribution in [0.15, 0.2) is 6.07 Å². The van der Waals surface area contributed by atoms with E-state index in [4.69, 9.17) is 11.6 Å². The van der Waals surface area contributed by atoms with Crippen molar-refractivity contribution in [3.05, 3.63) is 28.0 Å². The molecule has 0 aliphatic rings. The highest BCUT2D eigenvalue weighted by Crippen LogP contribution is 2.38. The molecule has 0 fully saturated rings. The van der Waals surface area contributed by atoms with Gasteiger partial charge in [0.2, 0.25) is 0 Å². The van der Waals surface area contributed by atoms with Crippen LogP contribution in [0.25, 0.3) is 0 Å². The first kappa shape index (κ1) is 14.6. The molecule has 0 saturated heterocycles.